The number of nitrogens with one attached hydrogen (secondary N) is 1. The topological polar surface area (TPSA) is 66.5 Å². The summed E-state index contributed by atoms with van der Waals surface area (Å²) >= 11 is 0. The number of carbonyl (C=O) groups excluding carboxylic acids is 3. The van der Waals surface area contributed by atoms with Crippen LogP contribution in [0.3, 0.4) is 0 Å². The smallest absolute Gasteiger partial charge is 0.257 e. The molecule has 0 unspecified atom stereocenters. The first-order valence-corrected chi connectivity index (χ1v) is 11.8. The highest BCUT2D eigenvalue weighted by atomic mass is 16.2. The summed E-state index contributed by atoms with van der Waals surface area (Å²) in [7, 11) is 0. The Morgan fingerprint density at radius 2 is 1.73 bits per heavy atom. The van der Waals surface area contributed by atoms with Gasteiger partial charge in [0.15, 0.2) is 0 Å². The Bertz CT molecular complexity index is 710. The van der Waals surface area contributed by atoms with Crippen LogP contribution >= 0.6 is 0 Å². The van der Waals surface area contributed by atoms with Gasteiger partial charge in [0.2, 0.25) is 5.91 Å². The van der Waals surface area contributed by atoms with E-state index in [0.717, 1.165) is 44.6 Å². The molecule has 1 aliphatic heterocycles. The quantitative estimate of drug-likeness (QED) is 0.483. The summed E-state index contributed by atoms with van der Waals surface area (Å²) in [6, 6.07) is 8.39. The van der Waals surface area contributed by atoms with Crippen molar-refractivity contribution in [3.05, 3.63) is 35.9 Å². The molecule has 2 aliphatic rings. The Morgan fingerprint density at radius 3 is 2.43 bits per heavy atom. The molecule has 0 radical (unpaired) electrons. The minimum absolute atomic E-state index is 0.141. The van der Waals surface area contributed by atoms with Gasteiger partial charge in [-0.3, -0.25) is 24.6 Å². The maximum Gasteiger partial charge on any atom is 0.257 e. The number of nitrogens with zero attached hydrogens (tertiary/aromatic N) is 1. The standard InChI is InChI=1S/C25H36N2O3/c1-2-3-5-9-19-13-15-20(16-14-19)23(28)18-27-17-8-12-22(27)25(30)26-24(29)21-10-6-4-7-11-21/h4,6-7,10-11,19-20,22H,2-3,5,8-9,12-18H2,1H3,(H,26,29,30)/t19?,20?,22-/m0/s1. The molecule has 2 amide bonds. The number of hydrogen-bond acceptors (Lipinski definition) is 4. The summed E-state index contributed by atoms with van der Waals surface area (Å²) in [4.78, 5) is 39.8. The molecule has 0 spiro atoms. The minimum atomic E-state index is -0.382. The number of ketones is 1. The maximum atomic E-state index is 12.9. The molecule has 5 nitrogen and oxygen atoms in total. The summed E-state index contributed by atoms with van der Waals surface area (Å²) in [6.45, 7) is 3.32. The molecule has 1 aromatic rings. The number of Topliss-reactive ketones (excluding diaryl/α,β-unsaturated/α-hetero) is 1. The van der Waals surface area contributed by atoms with E-state index in [2.05, 4.69) is 12.2 Å². The van der Waals surface area contributed by atoms with E-state index in [1.54, 1.807) is 24.3 Å². The van der Waals surface area contributed by atoms with Crippen LogP contribution in [0.25, 0.3) is 0 Å². The van der Waals surface area contributed by atoms with Gasteiger partial charge in [-0.05, 0) is 63.1 Å². The highest BCUT2D eigenvalue weighted by molar-refractivity contribution is 6.06. The molecule has 30 heavy (non-hydrogen) atoms. The van der Waals surface area contributed by atoms with Crippen molar-refractivity contribution in [3.8, 4) is 0 Å². The largest absolute Gasteiger partial charge is 0.298 e. The first kappa shape index (κ1) is 22.7. The lowest BCUT2D eigenvalue weighted by Crippen LogP contribution is -2.47. The van der Waals surface area contributed by atoms with Crippen molar-refractivity contribution in [3.63, 3.8) is 0 Å². The van der Waals surface area contributed by atoms with E-state index < -0.39 is 0 Å². The number of imide groups is 1. The third kappa shape index (κ3) is 6.24. The van der Waals surface area contributed by atoms with Gasteiger partial charge in [0.1, 0.15) is 5.78 Å². The fraction of sp³-hybridized carbons (Fsp3) is 0.640. The van der Waals surface area contributed by atoms with Crippen molar-refractivity contribution in [2.75, 3.05) is 13.1 Å². The molecule has 5 heteroatoms. The average molecular weight is 413 g/mol. The van der Waals surface area contributed by atoms with Crippen molar-refractivity contribution in [1.29, 1.82) is 0 Å². The summed E-state index contributed by atoms with van der Waals surface area (Å²) in [5.41, 5.74) is 0.474. The SMILES string of the molecule is CCCCCC1CCC(C(=O)CN2CCC[C@H]2C(=O)NC(=O)c2ccccc2)CC1. The highest BCUT2D eigenvalue weighted by Gasteiger charge is 2.35. The Labute approximate surface area is 180 Å². The molecule has 1 aromatic carbocycles. The molecule has 1 atom stereocenters. The molecule has 3 rings (SSSR count). The van der Waals surface area contributed by atoms with Crippen LogP contribution in [0.4, 0.5) is 0 Å². The molecule has 1 heterocycles. The van der Waals surface area contributed by atoms with Crippen molar-refractivity contribution in [1.82, 2.24) is 10.2 Å². The van der Waals surface area contributed by atoms with E-state index in [9.17, 15) is 14.4 Å². The number of amides is 2. The molecular formula is C25H36N2O3. The monoisotopic (exact) mass is 412 g/mol. The number of unbranched alkanes of at least 4 members (excludes halogenated alkanes) is 2. The third-order valence-corrected chi connectivity index (χ3v) is 6.82. The van der Waals surface area contributed by atoms with E-state index in [0.29, 0.717) is 18.5 Å². The first-order chi connectivity index (χ1) is 14.6. The second-order valence-corrected chi connectivity index (χ2v) is 8.99. The molecule has 164 valence electrons. The minimum Gasteiger partial charge on any atom is -0.298 e. The van der Waals surface area contributed by atoms with Crippen LogP contribution in [0.15, 0.2) is 30.3 Å². The van der Waals surface area contributed by atoms with Crippen molar-refractivity contribution < 1.29 is 14.4 Å². The van der Waals surface area contributed by atoms with Crippen LogP contribution < -0.4 is 5.32 Å². The van der Waals surface area contributed by atoms with Gasteiger partial charge in [-0.15, -0.1) is 0 Å². The second kappa shape index (κ2) is 11.4. The number of rotatable bonds is 9. The van der Waals surface area contributed by atoms with Gasteiger partial charge in [-0.2, -0.15) is 0 Å². The van der Waals surface area contributed by atoms with Gasteiger partial charge in [0.25, 0.3) is 5.91 Å². The van der Waals surface area contributed by atoms with E-state index in [1.807, 2.05) is 11.0 Å². The van der Waals surface area contributed by atoms with Crippen LogP contribution in [0.1, 0.15) is 81.5 Å². The van der Waals surface area contributed by atoms with Gasteiger partial charge >= 0.3 is 0 Å². The molecule has 1 N–H and O–H groups in total. The number of hydrogen-bond donors (Lipinski definition) is 1. The fourth-order valence-electron chi connectivity index (χ4n) is 4.95. The Morgan fingerprint density at radius 1 is 1.00 bits per heavy atom. The van der Waals surface area contributed by atoms with Crippen molar-refractivity contribution in [2.45, 2.75) is 77.2 Å². The molecule has 0 bridgehead atoms. The van der Waals surface area contributed by atoms with Gasteiger partial charge in [-0.25, -0.2) is 0 Å². The van der Waals surface area contributed by atoms with E-state index in [4.69, 9.17) is 0 Å². The molecule has 0 aromatic heterocycles. The molecular weight excluding hydrogens is 376 g/mol. The predicted octanol–water partition coefficient (Wildman–Crippen LogP) is 4.36. The summed E-state index contributed by atoms with van der Waals surface area (Å²) in [5.74, 6) is 0.544. The Hall–Kier alpha value is -2.01. The van der Waals surface area contributed by atoms with Crippen LogP contribution in [0.2, 0.25) is 0 Å². The summed E-state index contributed by atoms with van der Waals surface area (Å²) in [5, 5.41) is 2.52. The summed E-state index contributed by atoms with van der Waals surface area (Å²) < 4.78 is 0. The molecule has 1 saturated heterocycles. The number of likely N-dealkylation sites (tertiary alicyclic amines) is 1. The normalized spacial score (nSPS) is 24.5. The number of carbonyl (C=O) groups is 3. The van der Waals surface area contributed by atoms with Crippen LogP contribution in [0, 0.1) is 11.8 Å². The lowest BCUT2D eigenvalue weighted by Gasteiger charge is -2.30. The van der Waals surface area contributed by atoms with E-state index in [-0.39, 0.29) is 29.6 Å². The van der Waals surface area contributed by atoms with Crippen LogP contribution in [-0.4, -0.2) is 41.6 Å². The molecule has 2 fully saturated rings. The molecule has 1 aliphatic carbocycles. The van der Waals surface area contributed by atoms with Gasteiger partial charge < -0.3 is 0 Å². The van der Waals surface area contributed by atoms with Crippen LogP contribution in [-0.2, 0) is 9.59 Å². The third-order valence-electron chi connectivity index (χ3n) is 6.82. The highest BCUT2D eigenvalue weighted by Crippen LogP contribution is 2.33. The van der Waals surface area contributed by atoms with E-state index in [1.165, 1.54) is 25.7 Å². The average Bonchev–Trinajstić information content (AvgIpc) is 3.23. The predicted molar refractivity (Wildman–Crippen MR) is 118 cm³/mol. The number of benzene rings is 1. The van der Waals surface area contributed by atoms with Crippen LogP contribution in [0.5, 0.6) is 0 Å². The first-order valence-electron chi connectivity index (χ1n) is 11.8. The fourth-order valence-corrected chi connectivity index (χ4v) is 4.95. The maximum absolute atomic E-state index is 12.9. The Kier molecular flexibility index (Phi) is 8.61. The second-order valence-electron chi connectivity index (χ2n) is 8.99. The molecule has 1 saturated carbocycles. The lowest BCUT2D eigenvalue weighted by atomic mass is 9.78. The lowest BCUT2D eigenvalue weighted by molar-refractivity contribution is -0.128. The van der Waals surface area contributed by atoms with Crippen molar-refractivity contribution in [2.24, 2.45) is 11.8 Å². The van der Waals surface area contributed by atoms with Gasteiger partial charge in [-0.1, -0.05) is 50.8 Å². The van der Waals surface area contributed by atoms with Gasteiger partial charge in [0, 0.05) is 11.5 Å². The zero-order chi connectivity index (χ0) is 21.3. The zero-order valence-corrected chi connectivity index (χ0v) is 18.3. The van der Waals surface area contributed by atoms with Crippen molar-refractivity contribution >= 4 is 17.6 Å². The van der Waals surface area contributed by atoms with Gasteiger partial charge in [0.05, 0.1) is 12.6 Å². The zero-order valence-electron chi connectivity index (χ0n) is 18.3. The Balaban J connectivity index is 1.46. The van der Waals surface area contributed by atoms with E-state index >= 15 is 0 Å². The summed E-state index contributed by atoms with van der Waals surface area (Å²) in [6.07, 6.45) is 11.1.